The van der Waals surface area contributed by atoms with Crippen molar-refractivity contribution in [2.75, 3.05) is 25.1 Å². The van der Waals surface area contributed by atoms with Gasteiger partial charge in [0.25, 0.3) is 5.91 Å². The molecule has 0 saturated carbocycles. The lowest BCUT2D eigenvalue weighted by Gasteiger charge is -2.15. The molecule has 1 aliphatic rings. The monoisotopic (exact) mass is 404 g/mol. The molecule has 1 amide bonds. The first-order valence-electron chi connectivity index (χ1n) is 9.24. The van der Waals surface area contributed by atoms with E-state index in [9.17, 15) is 13.2 Å². The largest absolute Gasteiger partial charge is 0.492 e. The summed E-state index contributed by atoms with van der Waals surface area (Å²) in [7, 11) is -3.74. The average Bonchev–Trinajstić information content (AvgIpc) is 3.22. The topological polar surface area (TPSA) is 93.7 Å². The Balaban J connectivity index is 1.80. The number of amides is 1. The van der Waals surface area contributed by atoms with E-state index in [0.29, 0.717) is 30.2 Å². The van der Waals surface area contributed by atoms with Gasteiger partial charge in [-0.05, 0) is 50.1 Å². The van der Waals surface area contributed by atoms with Gasteiger partial charge >= 0.3 is 0 Å². The number of nitrogens with one attached hydrogen (secondary N) is 2. The van der Waals surface area contributed by atoms with Gasteiger partial charge in [0, 0.05) is 18.7 Å². The second-order valence-electron chi connectivity index (χ2n) is 6.40. The van der Waals surface area contributed by atoms with E-state index in [2.05, 4.69) is 10.0 Å². The maximum atomic E-state index is 12.6. The molecule has 0 radical (unpaired) electrons. The van der Waals surface area contributed by atoms with Crippen molar-refractivity contribution in [2.24, 2.45) is 0 Å². The summed E-state index contributed by atoms with van der Waals surface area (Å²) in [4.78, 5) is 12.5. The molecule has 0 unspecified atom stereocenters. The number of rotatable bonds is 8. The van der Waals surface area contributed by atoms with Gasteiger partial charge in [0.1, 0.15) is 5.75 Å². The molecule has 1 saturated heterocycles. The van der Waals surface area contributed by atoms with E-state index < -0.39 is 10.0 Å². The highest BCUT2D eigenvalue weighted by atomic mass is 32.2. The van der Waals surface area contributed by atoms with Crippen molar-refractivity contribution in [3.63, 3.8) is 0 Å². The number of hydrogen-bond acceptors (Lipinski definition) is 5. The summed E-state index contributed by atoms with van der Waals surface area (Å²) in [5.74, 6) is 0.0632. The molecule has 0 bridgehead atoms. The summed E-state index contributed by atoms with van der Waals surface area (Å²) < 4.78 is 38.9. The Bertz CT molecular complexity index is 909. The molecule has 150 valence electrons. The van der Waals surface area contributed by atoms with Gasteiger partial charge in [-0.2, -0.15) is 0 Å². The van der Waals surface area contributed by atoms with Gasteiger partial charge in [-0.25, -0.2) is 13.1 Å². The van der Waals surface area contributed by atoms with E-state index in [1.807, 2.05) is 13.0 Å². The van der Waals surface area contributed by atoms with Crippen molar-refractivity contribution in [2.45, 2.75) is 30.8 Å². The van der Waals surface area contributed by atoms with Gasteiger partial charge in [0.05, 0.1) is 23.3 Å². The van der Waals surface area contributed by atoms with Crippen molar-refractivity contribution in [1.29, 1.82) is 0 Å². The molecule has 2 N–H and O–H groups in total. The van der Waals surface area contributed by atoms with Gasteiger partial charge < -0.3 is 14.8 Å². The van der Waals surface area contributed by atoms with Crippen LogP contribution in [-0.4, -0.2) is 40.2 Å². The summed E-state index contributed by atoms with van der Waals surface area (Å²) in [5, 5.41) is 2.74. The Morgan fingerprint density at radius 1 is 1.21 bits per heavy atom. The van der Waals surface area contributed by atoms with Crippen LogP contribution in [0.4, 0.5) is 5.69 Å². The normalized spacial score (nSPS) is 16.7. The number of sulfonamides is 1. The molecule has 1 heterocycles. The number of carbonyl (C=O) groups excluding carboxylic acids is 1. The van der Waals surface area contributed by atoms with Crippen LogP contribution in [0.15, 0.2) is 53.4 Å². The molecule has 1 atom stereocenters. The van der Waals surface area contributed by atoms with Crippen LogP contribution in [0.2, 0.25) is 0 Å². The summed E-state index contributed by atoms with van der Waals surface area (Å²) in [5.41, 5.74) is 0.769. The molecular formula is C20H24N2O5S. The van der Waals surface area contributed by atoms with Crippen molar-refractivity contribution in [3.8, 4) is 5.75 Å². The standard InChI is InChI=1S/C20H24N2O5S/c1-2-26-19-11-10-17(28(24,25)21-14-16-9-6-12-27-16)13-18(19)22-20(23)15-7-4-3-5-8-15/h3-5,7-8,10-11,13,16,21H,2,6,9,12,14H2,1H3,(H,22,23)/t16-/m1/s1. The highest BCUT2D eigenvalue weighted by Crippen LogP contribution is 2.28. The van der Waals surface area contributed by atoms with Crippen LogP contribution in [0.5, 0.6) is 5.75 Å². The molecule has 3 rings (SSSR count). The quantitative estimate of drug-likeness (QED) is 0.706. The van der Waals surface area contributed by atoms with Crippen LogP contribution in [-0.2, 0) is 14.8 Å². The summed E-state index contributed by atoms with van der Waals surface area (Å²) in [6.45, 7) is 3.08. The third-order valence-corrected chi connectivity index (χ3v) is 5.79. The summed E-state index contributed by atoms with van der Waals surface area (Å²) in [6.07, 6.45) is 1.67. The maximum absolute atomic E-state index is 12.6. The second kappa shape index (κ2) is 9.18. The Kier molecular flexibility index (Phi) is 6.66. The van der Waals surface area contributed by atoms with Crippen LogP contribution >= 0.6 is 0 Å². The van der Waals surface area contributed by atoms with Gasteiger partial charge in [-0.1, -0.05) is 18.2 Å². The minimum Gasteiger partial charge on any atom is -0.492 e. The van der Waals surface area contributed by atoms with E-state index in [4.69, 9.17) is 9.47 Å². The SMILES string of the molecule is CCOc1ccc(S(=O)(=O)NC[C@H]2CCCO2)cc1NC(=O)c1ccccc1. The first-order chi connectivity index (χ1) is 13.5. The predicted molar refractivity (Wildman–Crippen MR) is 106 cm³/mol. The third-order valence-electron chi connectivity index (χ3n) is 4.37. The summed E-state index contributed by atoms with van der Waals surface area (Å²) >= 11 is 0. The number of carbonyl (C=O) groups is 1. The Labute approximate surface area is 165 Å². The Hall–Kier alpha value is -2.42. The maximum Gasteiger partial charge on any atom is 0.255 e. The molecular weight excluding hydrogens is 380 g/mol. The minimum atomic E-state index is -3.74. The van der Waals surface area contributed by atoms with E-state index in [-0.39, 0.29) is 23.5 Å². The van der Waals surface area contributed by atoms with Crippen molar-refractivity contribution in [1.82, 2.24) is 4.72 Å². The fourth-order valence-corrected chi connectivity index (χ4v) is 4.02. The van der Waals surface area contributed by atoms with Crippen molar-refractivity contribution >= 4 is 21.6 Å². The lowest BCUT2D eigenvalue weighted by Crippen LogP contribution is -2.31. The molecule has 7 nitrogen and oxygen atoms in total. The van der Waals surface area contributed by atoms with Crippen molar-refractivity contribution in [3.05, 3.63) is 54.1 Å². The Morgan fingerprint density at radius 3 is 2.68 bits per heavy atom. The Morgan fingerprint density at radius 2 is 2.00 bits per heavy atom. The zero-order valence-corrected chi connectivity index (χ0v) is 16.5. The molecule has 1 fully saturated rings. The van der Waals surface area contributed by atoms with E-state index >= 15 is 0 Å². The highest BCUT2D eigenvalue weighted by Gasteiger charge is 2.22. The van der Waals surface area contributed by atoms with Crippen LogP contribution in [0.25, 0.3) is 0 Å². The highest BCUT2D eigenvalue weighted by molar-refractivity contribution is 7.89. The minimum absolute atomic E-state index is 0.0531. The van der Waals surface area contributed by atoms with Gasteiger partial charge in [0.15, 0.2) is 0 Å². The second-order valence-corrected chi connectivity index (χ2v) is 8.17. The lowest BCUT2D eigenvalue weighted by molar-refractivity contribution is 0.102. The van der Waals surface area contributed by atoms with Crippen LogP contribution in [0.1, 0.15) is 30.1 Å². The van der Waals surface area contributed by atoms with Gasteiger partial charge in [-0.15, -0.1) is 0 Å². The van der Waals surface area contributed by atoms with E-state index in [1.54, 1.807) is 30.3 Å². The zero-order chi connectivity index (χ0) is 20.0. The third kappa shape index (κ3) is 5.09. The lowest BCUT2D eigenvalue weighted by atomic mass is 10.2. The van der Waals surface area contributed by atoms with E-state index in [1.165, 1.54) is 12.1 Å². The average molecular weight is 404 g/mol. The fourth-order valence-electron chi connectivity index (χ4n) is 2.93. The van der Waals surface area contributed by atoms with E-state index in [0.717, 1.165) is 12.8 Å². The molecule has 1 aliphatic heterocycles. The number of ether oxygens (including phenoxy) is 2. The number of anilines is 1. The van der Waals surface area contributed by atoms with Gasteiger partial charge in [-0.3, -0.25) is 4.79 Å². The molecule has 0 aromatic heterocycles. The molecule has 0 spiro atoms. The molecule has 2 aromatic rings. The summed E-state index contributed by atoms with van der Waals surface area (Å²) in [6, 6.07) is 13.1. The predicted octanol–water partition coefficient (Wildman–Crippen LogP) is 2.79. The molecule has 0 aliphatic carbocycles. The first kappa shape index (κ1) is 20.3. The fraction of sp³-hybridized carbons (Fsp3) is 0.350. The van der Waals surface area contributed by atoms with Crippen LogP contribution in [0, 0.1) is 0 Å². The molecule has 8 heteroatoms. The first-order valence-corrected chi connectivity index (χ1v) is 10.7. The zero-order valence-electron chi connectivity index (χ0n) is 15.7. The molecule has 2 aromatic carbocycles. The van der Waals surface area contributed by atoms with Gasteiger partial charge in [0.2, 0.25) is 10.0 Å². The van der Waals surface area contributed by atoms with Crippen molar-refractivity contribution < 1.29 is 22.7 Å². The smallest absolute Gasteiger partial charge is 0.255 e. The number of benzene rings is 2. The van der Waals surface area contributed by atoms with Crippen LogP contribution in [0.3, 0.4) is 0 Å². The molecule has 28 heavy (non-hydrogen) atoms. The van der Waals surface area contributed by atoms with Crippen LogP contribution < -0.4 is 14.8 Å². The number of hydrogen-bond donors (Lipinski definition) is 2.